The van der Waals surface area contributed by atoms with Gasteiger partial charge >= 0.3 is 0 Å². The molecule has 0 amide bonds. The first kappa shape index (κ1) is 27.6. The number of allylic oxidation sites excluding steroid dienone is 2. The Morgan fingerprint density at radius 2 is 0.800 bits per heavy atom. The van der Waals surface area contributed by atoms with Gasteiger partial charge in [0.2, 0.25) is 11.3 Å². The van der Waals surface area contributed by atoms with Gasteiger partial charge in [-0.15, -0.1) is 0 Å². The summed E-state index contributed by atoms with van der Waals surface area (Å²) in [6, 6.07) is 0.693. The van der Waals surface area contributed by atoms with Gasteiger partial charge in [0.05, 0.1) is 27.8 Å². The van der Waals surface area contributed by atoms with Crippen LogP contribution in [-0.2, 0) is 11.3 Å². The predicted octanol–water partition coefficient (Wildman–Crippen LogP) is 8.55. The molecule has 0 fully saturated rings. The largest absolute Gasteiger partial charge is 0.225 e. The standard InChI is InChI=1S/C24HF16/c25-4-2-1-3(23(39)8-5(13(29)21(23)37)11(27)17(33)19(35)15(8)31)10(26)7(4)24(40)9-6(14(30)22(24)38)12(28)18(34)20(36)16(9)32/h1H. The Morgan fingerprint density at radius 1 is 0.425 bits per heavy atom. The van der Waals surface area contributed by atoms with Crippen LogP contribution in [0.5, 0.6) is 0 Å². The van der Waals surface area contributed by atoms with Gasteiger partial charge in [-0.3, -0.25) is 0 Å². The molecule has 16 heteroatoms. The molecule has 2 aliphatic rings. The first-order valence-electron chi connectivity index (χ1n) is 10.1. The van der Waals surface area contributed by atoms with Crippen molar-refractivity contribution in [2.75, 3.05) is 0 Å². The molecule has 0 N–H and O–H groups in total. The number of halogens is 16. The summed E-state index contributed by atoms with van der Waals surface area (Å²) in [5, 5.41) is 0. The first-order chi connectivity index (χ1) is 18.5. The first-order valence-corrected chi connectivity index (χ1v) is 10.1. The van der Waals surface area contributed by atoms with Crippen LogP contribution < -0.4 is 0 Å². The minimum atomic E-state index is -5.19. The van der Waals surface area contributed by atoms with Gasteiger partial charge < -0.3 is 0 Å². The van der Waals surface area contributed by atoms with Crippen LogP contribution in [0, 0.1) is 64.2 Å². The van der Waals surface area contributed by atoms with Crippen LogP contribution in [0.3, 0.4) is 0 Å². The van der Waals surface area contributed by atoms with Crippen molar-refractivity contribution in [3.05, 3.63) is 115 Å². The van der Waals surface area contributed by atoms with Gasteiger partial charge in [0.1, 0.15) is 11.6 Å². The fourth-order valence-corrected chi connectivity index (χ4v) is 4.61. The van der Waals surface area contributed by atoms with E-state index in [0.717, 1.165) is 6.07 Å². The van der Waals surface area contributed by atoms with E-state index in [4.69, 9.17) is 0 Å². The Bertz CT molecular complexity index is 1770. The van der Waals surface area contributed by atoms with Gasteiger partial charge in [0.25, 0.3) is 0 Å². The lowest BCUT2D eigenvalue weighted by Gasteiger charge is -2.27. The van der Waals surface area contributed by atoms with Crippen molar-refractivity contribution in [2.45, 2.75) is 11.3 Å². The van der Waals surface area contributed by atoms with E-state index in [1.807, 2.05) is 0 Å². The van der Waals surface area contributed by atoms with Crippen LogP contribution in [0.15, 0.2) is 17.7 Å². The van der Waals surface area contributed by atoms with Crippen LogP contribution in [0.1, 0.15) is 33.4 Å². The molecule has 3 aromatic rings. The molecule has 2 atom stereocenters. The zero-order valence-electron chi connectivity index (χ0n) is 18.1. The van der Waals surface area contributed by atoms with E-state index in [1.165, 1.54) is 0 Å². The molecule has 0 spiro atoms. The lowest BCUT2D eigenvalue weighted by molar-refractivity contribution is 0.197. The highest BCUT2D eigenvalue weighted by molar-refractivity contribution is 5.79. The normalized spacial score (nSPS) is 22.0. The van der Waals surface area contributed by atoms with E-state index in [0.29, 0.717) is 0 Å². The van der Waals surface area contributed by atoms with Gasteiger partial charge in [0.15, 0.2) is 69.8 Å². The number of hydrogen-bond donors (Lipinski definition) is 0. The lowest BCUT2D eigenvalue weighted by Crippen LogP contribution is -2.31. The maximum absolute atomic E-state index is 16.1. The molecule has 3 aromatic carbocycles. The molecule has 0 aliphatic heterocycles. The molecule has 1 radical (unpaired) electrons. The number of fused-ring (bicyclic) bond motifs is 2. The molecule has 0 nitrogen and oxygen atoms in total. The summed E-state index contributed by atoms with van der Waals surface area (Å²) < 4.78 is 233. The fraction of sp³-hybridized carbons (Fsp3) is 0.0833. The van der Waals surface area contributed by atoms with E-state index in [1.54, 1.807) is 0 Å². The van der Waals surface area contributed by atoms with E-state index in [-0.39, 0.29) is 0 Å². The maximum Gasteiger partial charge on any atom is 0.224 e. The summed E-state index contributed by atoms with van der Waals surface area (Å²) in [5.41, 5.74) is -25.0. The van der Waals surface area contributed by atoms with Crippen LogP contribution in [0.2, 0.25) is 0 Å². The third-order valence-electron chi connectivity index (χ3n) is 6.39. The lowest BCUT2D eigenvalue weighted by atomic mass is 9.82. The quantitative estimate of drug-likeness (QED) is 0.159. The zero-order valence-corrected chi connectivity index (χ0v) is 18.1. The van der Waals surface area contributed by atoms with Gasteiger partial charge in [-0.25, -0.2) is 70.2 Å². The summed E-state index contributed by atoms with van der Waals surface area (Å²) in [6.45, 7) is 0. The van der Waals surface area contributed by atoms with E-state index >= 15 is 13.2 Å². The Hall–Kier alpha value is -3.98. The van der Waals surface area contributed by atoms with Crippen molar-refractivity contribution in [3.8, 4) is 0 Å². The molecular weight excluding hydrogens is 592 g/mol. The van der Waals surface area contributed by atoms with Gasteiger partial charge in [0, 0.05) is 11.6 Å². The highest BCUT2D eigenvalue weighted by Gasteiger charge is 2.60. The van der Waals surface area contributed by atoms with Crippen molar-refractivity contribution in [1.82, 2.24) is 0 Å². The summed E-state index contributed by atoms with van der Waals surface area (Å²) in [6.07, 6.45) is 0. The Labute approximate surface area is 209 Å². The monoisotopic (exact) mass is 593 g/mol. The molecule has 2 aliphatic carbocycles. The second-order valence-electron chi connectivity index (χ2n) is 8.29. The van der Waals surface area contributed by atoms with E-state index in [2.05, 4.69) is 0 Å². The maximum atomic E-state index is 16.1. The molecule has 0 bridgehead atoms. The average molecular weight is 593 g/mol. The summed E-state index contributed by atoms with van der Waals surface area (Å²) in [5.74, 6) is -40.4. The van der Waals surface area contributed by atoms with Crippen molar-refractivity contribution in [3.63, 3.8) is 0 Å². The van der Waals surface area contributed by atoms with Gasteiger partial charge in [-0.05, 0) is 6.07 Å². The molecule has 5 rings (SSSR count). The number of benzene rings is 3. The van der Waals surface area contributed by atoms with Crippen molar-refractivity contribution < 1.29 is 70.2 Å². The Kier molecular flexibility index (Phi) is 5.70. The molecule has 0 saturated heterocycles. The topological polar surface area (TPSA) is 0 Å². The highest BCUT2D eigenvalue weighted by Crippen LogP contribution is 2.59. The van der Waals surface area contributed by atoms with Crippen LogP contribution in [-0.4, -0.2) is 0 Å². The highest BCUT2D eigenvalue weighted by atomic mass is 19.2. The molecule has 2 unspecified atom stereocenters. The Morgan fingerprint density at radius 3 is 1.25 bits per heavy atom. The zero-order chi connectivity index (χ0) is 30.0. The predicted molar refractivity (Wildman–Crippen MR) is 99.8 cm³/mol. The third kappa shape index (κ3) is 2.90. The summed E-state index contributed by atoms with van der Waals surface area (Å²) in [7, 11) is 0. The summed E-state index contributed by atoms with van der Waals surface area (Å²) in [4.78, 5) is 0. The second kappa shape index (κ2) is 8.27. The minimum Gasteiger partial charge on any atom is -0.225 e. The van der Waals surface area contributed by atoms with Crippen molar-refractivity contribution in [1.29, 1.82) is 0 Å². The molecule has 0 saturated carbocycles. The molecule has 209 valence electrons. The SMILES string of the molecule is FC1=C(F)C(F)(c2c[c]c(F)c(C3(F)C(F)=C(F)c4c(F)c(F)c(F)c(F)c43)c2F)c2c(F)c(F)c(F)c(F)c21. The number of hydrogen-bond acceptors (Lipinski definition) is 0. The smallest absolute Gasteiger partial charge is 0.224 e. The number of alkyl halides is 2. The van der Waals surface area contributed by atoms with Crippen molar-refractivity contribution in [2.24, 2.45) is 0 Å². The van der Waals surface area contributed by atoms with Gasteiger partial charge in [-0.2, -0.15) is 0 Å². The summed E-state index contributed by atoms with van der Waals surface area (Å²) >= 11 is 0. The fourth-order valence-electron chi connectivity index (χ4n) is 4.61. The molecular formula is C24HF16. The average Bonchev–Trinajstić information content (AvgIpc) is 3.24. The Balaban J connectivity index is 1.90. The van der Waals surface area contributed by atoms with Crippen molar-refractivity contribution >= 4 is 11.7 Å². The van der Waals surface area contributed by atoms with Crippen LogP contribution >= 0.6 is 0 Å². The molecule has 0 heterocycles. The minimum absolute atomic E-state index is 0.395. The van der Waals surface area contributed by atoms with Crippen LogP contribution in [0.25, 0.3) is 11.7 Å². The van der Waals surface area contributed by atoms with E-state index in [9.17, 15) is 57.1 Å². The molecule has 0 aromatic heterocycles. The van der Waals surface area contributed by atoms with Crippen LogP contribution in [0.4, 0.5) is 70.2 Å². The van der Waals surface area contributed by atoms with Gasteiger partial charge in [-0.1, -0.05) is 0 Å². The number of rotatable bonds is 2. The second-order valence-corrected chi connectivity index (χ2v) is 8.29. The molecule has 40 heavy (non-hydrogen) atoms. The van der Waals surface area contributed by atoms with E-state index < -0.39 is 132 Å². The third-order valence-corrected chi connectivity index (χ3v) is 6.39.